The fraction of sp³-hybridized carbons (Fsp3) is 0.917. The van der Waals surface area contributed by atoms with Gasteiger partial charge in [-0.1, -0.05) is 0 Å². The average Bonchev–Trinajstić information content (AvgIpc) is 2.28. The van der Waals surface area contributed by atoms with Gasteiger partial charge in [-0.15, -0.1) is 12.4 Å². The lowest BCUT2D eigenvalue weighted by Crippen LogP contribution is -2.50. The van der Waals surface area contributed by atoms with Gasteiger partial charge in [0.2, 0.25) is 5.91 Å². The molecule has 1 fully saturated rings. The molecule has 1 saturated heterocycles. The third kappa shape index (κ3) is 4.12. The molecule has 17 heavy (non-hydrogen) atoms. The van der Waals surface area contributed by atoms with Crippen LogP contribution in [-0.2, 0) is 4.79 Å². The highest BCUT2D eigenvalue weighted by atomic mass is 35.5. The molecule has 1 amide bonds. The van der Waals surface area contributed by atoms with Crippen molar-refractivity contribution in [1.29, 1.82) is 0 Å². The Morgan fingerprint density at radius 3 is 2.29 bits per heavy atom. The van der Waals surface area contributed by atoms with Crippen molar-refractivity contribution in [2.24, 2.45) is 11.1 Å². The lowest BCUT2D eigenvalue weighted by atomic mass is 9.90. The first-order valence-electron chi connectivity index (χ1n) is 6.04. The molecule has 0 aromatic carbocycles. The molecule has 0 aromatic rings. The summed E-state index contributed by atoms with van der Waals surface area (Å²) in [5.74, 6) is 0.171. The monoisotopic (exact) mass is 263 g/mol. The molecule has 1 aliphatic rings. The third-order valence-corrected chi connectivity index (χ3v) is 3.65. The average molecular weight is 264 g/mol. The molecular weight excluding hydrogens is 238 g/mol. The molecule has 0 unspecified atom stereocenters. The van der Waals surface area contributed by atoms with Crippen LogP contribution in [0.15, 0.2) is 0 Å². The van der Waals surface area contributed by atoms with Crippen LogP contribution < -0.4 is 5.73 Å². The molecule has 0 atom stereocenters. The smallest absolute Gasteiger partial charge is 0.229 e. The molecule has 0 spiro atoms. The molecule has 1 heterocycles. The summed E-state index contributed by atoms with van der Waals surface area (Å²) in [5, 5.41) is 0. The summed E-state index contributed by atoms with van der Waals surface area (Å²) in [6, 6.07) is 0.384. The number of hydrogen-bond donors (Lipinski definition) is 1. The van der Waals surface area contributed by atoms with Crippen LogP contribution >= 0.6 is 12.4 Å². The van der Waals surface area contributed by atoms with E-state index in [4.69, 9.17) is 5.73 Å². The van der Waals surface area contributed by atoms with Crippen LogP contribution in [0, 0.1) is 5.41 Å². The lowest BCUT2D eigenvalue weighted by molar-refractivity contribution is -0.141. The van der Waals surface area contributed by atoms with E-state index in [2.05, 4.69) is 11.9 Å². The van der Waals surface area contributed by atoms with Crippen LogP contribution in [-0.4, -0.2) is 55.5 Å². The number of likely N-dealkylation sites (tertiary alicyclic amines) is 1. The van der Waals surface area contributed by atoms with Gasteiger partial charge in [0.15, 0.2) is 0 Å². The van der Waals surface area contributed by atoms with Crippen molar-refractivity contribution < 1.29 is 4.79 Å². The summed E-state index contributed by atoms with van der Waals surface area (Å²) in [6.45, 7) is 6.39. The van der Waals surface area contributed by atoms with Crippen molar-refractivity contribution >= 4 is 18.3 Å². The molecule has 2 N–H and O–H groups in total. The molecule has 0 bridgehead atoms. The Morgan fingerprint density at radius 1 is 1.41 bits per heavy atom. The van der Waals surface area contributed by atoms with E-state index in [0.717, 1.165) is 25.9 Å². The number of carbonyl (C=O) groups is 1. The van der Waals surface area contributed by atoms with E-state index in [1.54, 1.807) is 0 Å². The fourth-order valence-electron chi connectivity index (χ4n) is 2.11. The molecule has 0 aromatic heterocycles. The van der Waals surface area contributed by atoms with E-state index < -0.39 is 5.41 Å². The van der Waals surface area contributed by atoms with Gasteiger partial charge in [0.1, 0.15) is 0 Å². The summed E-state index contributed by atoms with van der Waals surface area (Å²) < 4.78 is 0. The molecule has 4 nitrogen and oxygen atoms in total. The Hall–Kier alpha value is -0.320. The van der Waals surface area contributed by atoms with E-state index in [1.165, 1.54) is 0 Å². The number of rotatable bonds is 3. The highest BCUT2D eigenvalue weighted by Crippen LogP contribution is 2.21. The lowest BCUT2D eigenvalue weighted by Gasteiger charge is -2.38. The summed E-state index contributed by atoms with van der Waals surface area (Å²) in [7, 11) is 4.04. The van der Waals surface area contributed by atoms with Gasteiger partial charge in [0, 0.05) is 19.6 Å². The maximum Gasteiger partial charge on any atom is 0.229 e. The number of amides is 1. The van der Waals surface area contributed by atoms with Crippen LogP contribution in [0.25, 0.3) is 0 Å². The van der Waals surface area contributed by atoms with Gasteiger partial charge in [-0.2, -0.15) is 0 Å². The predicted octanol–water partition coefficient (Wildman–Crippen LogP) is 0.946. The normalized spacial score (nSPS) is 18.6. The van der Waals surface area contributed by atoms with Gasteiger partial charge in [0.05, 0.1) is 5.41 Å². The van der Waals surface area contributed by atoms with Crippen molar-refractivity contribution in [3.8, 4) is 0 Å². The van der Waals surface area contributed by atoms with Crippen LogP contribution in [0.4, 0.5) is 0 Å². The standard InChI is InChI=1S/C12H25N3O.ClH/c1-12(2,9-13)11(16)15(4)10-5-7-14(3)8-6-10;/h10H,5-9,13H2,1-4H3;1H. The zero-order chi connectivity index (χ0) is 12.3. The highest BCUT2D eigenvalue weighted by Gasteiger charge is 2.33. The van der Waals surface area contributed by atoms with Crippen molar-refractivity contribution in [3.05, 3.63) is 0 Å². The highest BCUT2D eigenvalue weighted by molar-refractivity contribution is 5.85. The first kappa shape index (κ1) is 16.7. The Balaban J connectivity index is 0.00000256. The van der Waals surface area contributed by atoms with E-state index in [1.807, 2.05) is 25.8 Å². The topological polar surface area (TPSA) is 49.6 Å². The number of hydrogen-bond acceptors (Lipinski definition) is 3. The minimum Gasteiger partial charge on any atom is -0.342 e. The van der Waals surface area contributed by atoms with Gasteiger partial charge < -0.3 is 15.5 Å². The van der Waals surface area contributed by atoms with Gasteiger partial charge in [-0.05, 0) is 46.8 Å². The Morgan fingerprint density at radius 2 is 1.88 bits per heavy atom. The zero-order valence-electron chi connectivity index (χ0n) is 11.4. The first-order chi connectivity index (χ1) is 7.38. The number of halogens is 1. The third-order valence-electron chi connectivity index (χ3n) is 3.65. The molecule has 1 aliphatic heterocycles. The number of carbonyl (C=O) groups excluding carboxylic acids is 1. The second-order valence-electron chi connectivity index (χ2n) is 5.54. The summed E-state index contributed by atoms with van der Waals surface area (Å²) in [5.41, 5.74) is 5.21. The molecule has 0 saturated carbocycles. The summed E-state index contributed by atoms with van der Waals surface area (Å²) >= 11 is 0. The van der Waals surface area contributed by atoms with E-state index in [9.17, 15) is 4.79 Å². The van der Waals surface area contributed by atoms with Gasteiger partial charge in [-0.25, -0.2) is 0 Å². The van der Waals surface area contributed by atoms with Crippen LogP contribution in [0.2, 0.25) is 0 Å². The summed E-state index contributed by atoms with van der Waals surface area (Å²) in [6.07, 6.45) is 2.14. The van der Waals surface area contributed by atoms with Crippen molar-refractivity contribution in [2.45, 2.75) is 32.7 Å². The molecule has 0 radical (unpaired) electrons. The first-order valence-corrected chi connectivity index (χ1v) is 6.04. The molecule has 0 aliphatic carbocycles. The predicted molar refractivity (Wildman–Crippen MR) is 73.4 cm³/mol. The minimum absolute atomic E-state index is 0. The van der Waals surface area contributed by atoms with Crippen LogP contribution in [0.3, 0.4) is 0 Å². The Labute approximate surface area is 111 Å². The van der Waals surface area contributed by atoms with Crippen LogP contribution in [0.1, 0.15) is 26.7 Å². The Bertz CT molecular complexity index is 250. The van der Waals surface area contributed by atoms with E-state index in [0.29, 0.717) is 12.6 Å². The number of nitrogens with two attached hydrogens (primary N) is 1. The van der Waals surface area contributed by atoms with Crippen molar-refractivity contribution in [1.82, 2.24) is 9.80 Å². The zero-order valence-corrected chi connectivity index (χ0v) is 12.2. The van der Waals surface area contributed by atoms with Crippen molar-refractivity contribution in [3.63, 3.8) is 0 Å². The van der Waals surface area contributed by atoms with E-state index >= 15 is 0 Å². The molecule has 102 valence electrons. The van der Waals surface area contributed by atoms with E-state index in [-0.39, 0.29) is 18.3 Å². The summed E-state index contributed by atoms with van der Waals surface area (Å²) in [4.78, 5) is 16.4. The SMILES string of the molecule is CN1CCC(N(C)C(=O)C(C)(C)CN)CC1.Cl. The second-order valence-corrected chi connectivity index (χ2v) is 5.54. The quantitative estimate of drug-likeness (QED) is 0.825. The number of piperidine rings is 1. The largest absolute Gasteiger partial charge is 0.342 e. The van der Waals surface area contributed by atoms with Gasteiger partial charge >= 0.3 is 0 Å². The maximum atomic E-state index is 12.2. The molecule has 1 rings (SSSR count). The fourth-order valence-corrected chi connectivity index (χ4v) is 2.11. The van der Waals surface area contributed by atoms with Crippen molar-refractivity contribution in [2.75, 3.05) is 33.7 Å². The molecular formula is C12H26ClN3O. The maximum absolute atomic E-state index is 12.2. The second kappa shape index (κ2) is 6.57. The molecule has 5 heteroatoms. The van der Waals surface area contributed by atoms with Gasteiger partial charge in [0.25, 0.3) is 0 Å². The minimum atomic E-state index is -0.432. The van der Waals surface area contributed by atoms with Gasteiger partial charge in [-0.3, -0.25) is 4.79 Å². The van der Waals surface area contributed by atoms with Crippen LogP contribution in [0.5, 0.6) is 0 Å². The Kier molecular flexibility index (Phi) is 6.45. The number of nitrogens with zero attached hydrogens (tertiary/aromatic N) is 2.